The standard InChI is InChI=1S/C15H18ClNO4/c1-21-12-8-10(16)4-5-11(12)13(18)17-9-15(14(19)20)6-2-3-7-15/h4-5,8H,2-3,6-7,9H2,1H3,(H,17,18)(H,19,20). The monoisotopic (exact) mass is 311 g/mol. The molecule has 0 heterocycles. The maximum atomic E-state index is 12.2. The number of amides is 1. The average Bonchev–Trinajstić information content (AvgIpc) is 2.94. The van der Waals surface area contributed by atoms with Gasteiger partial charge >= 0.3 is 5.97 Å². The molecule has 5 nitrogen and oxygen atoms in total. The van der Waals surface area contributed by atoms with Gasteiger partial charge in [0.25, 0.3) is 5.91 Å². The quantitative estimate of drug-likeness (QED) is 0.876. The fourth-order valence-corrected chi connectivity index (χ4v) is 2.88. The van der Waals surface area contributed by atoms with Crippen LogP contribution in [0.15, 0.2) is 18.2 Å². The predicted molar refractivity (Wildman–Crippen MR) is 78.9 cm³/mol. The molecule has 0 aliphatic heterocycles. The van der Waals surface area contributed by atoms with Crippen LogP contribution >= 0.6 is 11.6 Å². The molecule has 1 aliphatic rings. The van der Waals surface area contributed by atoms with Gasteiger partial charge in [0, 0.05) is 11.6 Å². The van der Waals surface area contributed by atoms with E-state index in [1.165, 1.54) is 7.11 Å². The second kappa shape index (κ2) is 6.35. The molecule has 1 aromatic rings. The van der Waals surface area contributed by atoms with E-state index in [2.05, 4.69) is 5.32 Å². The third-order valence-electron chi connectivity index (χ3n) is 4.01. The van der Waals surface area contributed by atoms with Crippen molar-refractivity contribution in [1.29, 1.82) is 0 Å². The van der Waals surface area contributed by atoms with Crippen LogP contribution in [0.4, 0.5) is 0 Å². The van der Waals surface area contributed by atoms with E-state index in [4.69, 9.17) is 16.3 Å². The van der Waals surface area contributed by atoms with Gasteiger partial charge in [-0.15, -0.1) is 0 Å². The van der Waals surface area contributed by atoms with E-state index in [1.807, 2.05) is 0 Å². The highest BCUT2D eigenvalue weighted by Gasteiger charge is 2.41. The highest BCUT2D eigenvalue weighted by atomic mass is 35.5. The SMILES string of the molecule is COc1cc(Cl)ccc1C(=O)NCC1(C(=O)O)CCCC1. The Morgan fingerprint density at radius 2 is 2.05 bits per heavy atom. The Kier molecular flexibility index (Phi) is 4.73. The molecule has 1 aromatic carbocycles. The lowest BCUT2D eigenvalue weighted by molar-refractivity contribution is -0.148. The van der Waals surface area contributed by atoms with E-state index >= 15 is 0 Å². The maximum absolute atomic E-state index is 12.2. The summed E-state index contributed by atoms with van der Waals surface area (Å²) in [4.78, 5) is 23.7. The summed E-state index contributed by atoms with van der Waals surface area (Å²) in [5, 5.41) is 12.6. The van der Waals surface area contributed by atoms with E-state index in [0.717, 1.165) is 12.8 Å². The summed E-state index contributed by atoms with van der Waals surface area (Å²) in [6, 6.07) is 4.72. The van der Waals surface area contributed by atoms with Crippen LogP contribution in [0.5, 0.6) is 5.75 Å². The van der Waals surface area contributed by atoms with Gasteiger partial charge in [0.1, 0.15) is 5.75 Å². The Labute approximate surface area is 128 Å². The number of carbonyl (C=O) groups excluding carboxylic acids is 1. The van der Waals surface area contributed by atoms with Crippen LogP contribution in [0, 0.1) is 5.41 Å². The van der Waals surface area contributed by atoms with E-state index in [-0.39, 0.29) is 12.5 Å². The lowest BCUT2D eigenvalue weighted by atomic mass is 9.86. The van der Waals surface area contributed by atoms with Gasteiger partial charge in [0.05, 0.1) is 18.1 Å². The molecule has 0 atom stereocenters. The largest absolute Gasteiger partial charge is 0.496 e. The predicted octanol–water partition coefficient (Wildman–Crippen LogP) is 2.72. The molecular weight excluding hydrogens is 294 g/mol. The molecule has 0 bridgehead atoms. The molecule has 2 N–H and O–H groups in total. The minimum atomic E-state index is -0.844. The first-order valence-corrected chi connectivity index (χ1v) is 7.21. The lowest BCUT2D eigenvalue weighted by Crippen LogP contribution is -2.41. The Morgan fingerprint density at radius 1 is 1.38 bits per heavy atom. The third-order valence-corrected chi connectivity index (χ3v) is 4.24. The van der Waals surface area contributed by atoms with Crippen LogP contribution < -0.4 is 10.1 Å². The number of benzene rings is 1. The number of ether oxygens (including phenoxy) is 1. The number of carboxylic acid groups (broad SMARTS) is 1. The number of aliphatic carboxylic acids is 1. The second-order valence-corrected chi connectivity index (χ2v) is 5.76. The number of carbonyl (C=O) groups is 2. The topological polar surface area (TPSA) is 75.6 Å². The zero-order valence-electron chi connectivity index (χ0n) is 11.8. The maximum Gasteiger partial charge on any atom is 0.311 e. The first-order chi connectivity index (χ1) is 9.98. The summed E-state index contributed by atoms with van der Waals surface area (Å²) in [5.74, 6) is -0.824. The summed E-state index contributed by atoms with van der Waals surface area (Å²) < 4.78 is 5.13. The molecule has 2 rings (SSSR count). The zero-order valence-corrected chi connectivity index (χ0v) is 12.6. The summed E-state index contributed by atoms with van der Waals surface area (Å²) in [5.41, 5.74) is -0.490. The van der Waals surface area contributed by atoms with Crippen LogP contribution in [0.2, 0.25) is 5.02 Å². The lowest BCUT2D eigenvalue weighted by Gasteiger charge is -2.24. The van der Waals surface area contributed by atoms with Crippen molar-refractivity contribution in [3.63, 3.8) is 0 Å². The number of rotatable bonds is 5. The van der Waals surface area contributed by atoms with Crippen LogP contribution in [0.3, 0.4) is 0 Å². The summed E-state index contributed by atoms with van der Waals surface area (Å²) in [7, 11) is 1.46. The molecule has 1 aliphatic carbocycles. The number of halogens is 1. The molecule has 6 heteroatoms. The van der Waals surface area contributed by atoms with Crippen molar-refractivity contribution in [3.8, 4) is 5.75 Å². The fourth-order valence-electron chi connectivity index (χ4n) is 2.72. The molecule has 1 saturated carbocycles. The second-order valence-electron chi connectivity index (χ2n) is 5.32. The number of hydrogen-bond acceptors (Lipinski definition) is 3. The summed E-state index contributed by atoms with van der Waals surface area (Å²) in [6.07, 6.45) is 2.96. The summed E-state index contributed by atoms with van der Waals surface area (Å²) >= 11 is 5.86. The molecular formula is C15H18ClNO4. The number of methoxy groups -OCH3 is 1. The normalized spacial score (nSPS) is 16.5. The van der Waals surface area contributed by atoms with Crippen molar-refractivity contribution < 1.29 is 19.4 Å². The Balaban J connectivity index is 2.10. The van der Waals surface area contributed by atoms with Gasteiger partial charge in [-0.25, -0.2) is 0 Å². The summed E-state index contributed by atoms with van der Waals surface area (Å²) in [6.45, 7) is 0.132. The highest BCUT2D eigenvalue weighted by Crippen LogP contribution is 2.37. The van der Waals surface area contributed by atoms with E-state index in [0.29, 0.717) is 29.2 Å². The van der Waals surface area contributed by atoms with Crippen LogP contribution in [-0.2, 0) is 4.79 Å². The van der Waals surface area contributed by atoms with Crippen molar-refractivity contribution in [3.05, 3.63) is 28.8 Å². The Bertz CT molecular complexity index is 553. The minimum Gasteiger partial charge on any atom is -0.496 e. The Hall–Kier alpha value is -1.75. The molecule has 0 saturated heterocycles. The van der Waals surface area contributed by atoms with Crippen molar-refractivity contribution >= 4 is 23.5 Å². The fraction of sp³-hybridized carbons (Fsp3) is 0.467. The molecule has 21 heavy (non-hydrogen) atoms. The van der Waals surface area contributed by atoms with Gasteiger partial charge in [-0.2, -0.15) is 0 Å². The number of carboxylic acids is 1. The van der Waals surface area contributed by atoms with Crippen LogP contribution in [0.1, 0.15) is 36.0 Å². The van der Waals surface area contributed by atoms with Gasteiger partial charge < -0.3 is 15.2 Å². The van der Waals surface area contributed by atoms with E-state index in [1.54, 1.807) is 18.2 Å². The highest BCUT2D eigenvalue weighted by molar-refractivity contribution is 6.30. The molecule has 0 unspecified atom stereocenters. The number of hydrogen-bond donors (Lipinski definition) is 2. The van der Waals surface area contributed by atoms with Gasteiger partial charge in [0.15, 0.2) is 0 Å². The van der Waals surface area contributed by atoms with Gasteiger partial charge in [-0.05, 0) is 31.0 Å². The van der Waals surface area contributed by atoms with Crippen molar-refractivity contribution in [1.82, 2.24) is 5.32 Å². The van der Waals surface area contributed by atoms with Crippen molar-refractivity contribution in [2.75, 3.05) is 13.7 Å². The molecule has 1 fully saturated rings. The smallest absolute Gasteiger partial charge is 0.311 e. The van der Waals surface area contributed by atoms with E-state index < -0.39 is 11.4 Å². The molecule has 0 radical (unpaired) electrons. The van der Waals surface area contributed by atoms with Crippen LogP contribution in [-0.4, -0.2) is 30.6 Å². The van der Waals surface area contributed by atoms with Gasteiger partial charge in [-0.3, -0.25) is 9.59 Å². The third kappa shape index (κ3) is 3.29. The van der Waals surface area contributed by atoms with Crippen LogP contribution in [0.25, 0.3) is 0 Å². The Morgan fingerprint density at radius 3 is 2.62 bits per heavy atom. The molecule has 0 aromatic heterocycles. The minimum absolute atomic E-state index is 0.132. The zero-order chi connectivity index (χ0) is 15.5. The number of nitrogens with one attached hydrogen (secondary N) is 1. The van der Waals surface area contributed by atoms with E-state index in [9.17, 15) is 14.7 Å². The first kappa shape index (κ1) is 15.6. The van der Waals surface area contributed by atoms with Gasteiger partial charge in [-0.1, -0.05) is 24.4 Å². The average molecular weight is 312 g/mol. The molecule has 1 amide bonds. The van der Waals surface area contributed by atoms with Crippen molar-refractivity contribution in [2.45, 2.75) is 25.7 Å². The van der Waals surface area contributed by atoms with Crippen molar-refractivity contribution in [2.24, 2.45) is 5.41 Å². The molecule has 0 spiro atoms. The molecule has 114 valence electrons. The first-order valence-electron chi connectivity index (χ1n) is 6.84. The van der Waals surface area contributed by atoms with Gasteiger partial charge in [0.2, 0.25) is 0 Å².